The fraction of sp³-hybridized carbons (Fsp3) is 0.900. The van der Waals surface area contributed by atoms with E-state index < -0.39 is 0 Å². The smallest absolute Gasteiger partial charge is 0.00658 e. The molecule has 0 aromatic rings. The maximum absolute atomic E-state index is 5.27. The molecule has 0 amide bonds. The Morgan fingerprint density at radius 2 is 1.73 bits per heavy atom. The molecule has 0 aromatic heterocycles. The van der Waals surface area contributed by atoms with E-state index >= 15 is 0 Å². The van der Waals surface area contributed by atoms with Gasteiger partial charge in [0.25, 0.3) is 0 Å². The van der Waals surface area contributed by atoms with Gasteiger partial charge in [0.2, 0.25) is 0 Å². The monoisotopic (exact) mass is 168 g/mol. The van der Waals surface area contributed by atoms with Gasteiger partial charge in [0, 0.05) is 0 Å². The van der Waals surface area contributed by atoms with Crippen LogP contribution < -0.4 is 0 Å². The van der Waals surface area contributed by atoms with Crippen LogP contribution in [0.4, 0.5) is 0 Å². The fourth-order valence-electron chi connectivity index (χ4n) is 2.73. The van der Waals surface area contributed by atoms with Crippen molar-refractivity contribution in [2.24, 2.45) is 5.41 Å². The van der Waals surface area contributed by atoms with Crippen LogP contribution in [-0.4, -0.2) is 4.86 Å². The molecule has 0 radical (unpaired) electrons. The molecule has 0 saturated heterocycles. The summed E-state index contributed by atoms with van der Waals surface area (Å²) in [5.41, 5.74) is 0.704. The molecule has 2 aliphatic carbocycles. The van der Waals surface area contributed by atoms with Crippen molar-refractivity contribution in [2.75, 3.05) is 0 Å². The molecule has 0 unspecified atom stereocenters. The van der Waals surface area contributed by atoms with Crippen LogP contribution in [0.5, 0.6) is 0 Å². The zero-order valence-electron chi connectivity index (χ0n) is 7.07. The van der Waals surface area contributed by atoms with Gasteiger partial charge in [-0.2, -0.15) is 0 Å². The first-order valence-electron chi connectivity index (χ1n) is 4.83. The molecule has 0 nitrogen and oxygen atoms in total. The molecule has 1 spiro atoms. The molecule has 2 aliphatic rings. The topological polar surface area (TPSA) is 0 Å². The third-order valence-corrected chi connectivity index (χ3v) is 3.77. The molecule has 0 atom stereocenters. The summed E-state index contributed by atoms with van der Waals surface area (Å²) >= 11 is 5.27. The Balaban J connectivity index is 2.03. The van der Waals surface area contributed by atoms with E-state index in [2.05, 4.69) is 0 Å². The van der Waals surface area contributed by atoms with Gasteiger partial charge in [-0.3, -0.25) is 0 Å². The Kier molecular flexibility index (Phi) is 2.00. The Labute approximate surface area is 74.4 Å². The summed E-state index contributed by atoms with van der Waals surface area (Å²) in [6.45, 7) is 0. The van der Waals surface area contributed by atoms with Crippen molar-refractivity contribution in [1.82, 2.24) is 0 Å². The van der Waals surface area contributed by atoms with Crippen molar-refractivity contribution < 1.29 is 0 Å². The first-order valence-corrected chi connectivity index (χ1v) is 5.23. The van der Waals surface area contributed by atoms with Gasteiger partial charge >= 0.3 is 0 Å². The minimum atomic E-state index is 0.704. The van der Waals surface area contributed by atoms with Crippen LogP contribution in [0, 0.1) is 5.41 Å². The summed E-state index contributed by atoms with van der Waals surface area (Å²) in [6, 6.07) is 0. The minimum absolute atomic E-state index is 0.704. The third kappa shape index (κ3) is 1.48. The highest BCUT2D eigenvalue weighted by Gasteiger charge is 2.36. The van der Waals surface area contributed by atoms with Crippen LogP contribution in [0.1, 0.15) is 51.4 Å². The lowest BCUT2D eigenvalue weighted by Crippen LogP contribution is -2.20. The largest absolute Gasteiger partial charge is 0.0897 e. The quantitative estimate of drug-likeness (QED) is 0.499. The zero-order chi connectivity index (χ0) is 7.73. The van der Waals surface area contributed by atoms with E-state index in [0.29, 0.717) is 5.41 Å². The highest BCUT2D eigenvalue weighted by atomic mass is 32.1. The van der Waals surface area contributed by atoms with Crippen LogP contribution in [-0.2, 0) is 0 Å². The van der Waals surface area contributed by atoms with Crippen molar-refractivity contribution in [1.29, 1.82) is 0 Å². The van der Waals surface area contributed by atoms with Gasteiger partial charge in [-0.1, -0.05) is 31.5 Å². The number of hydrogen-bond donors (Lipinski definition) is 0. The molecule has 0 heterocycles. The van der Waals surface area contributed by atoms with Crippen molar-refractivity contribution >= 4 is 17.1 Å². The summed E-state index contributed by atoms with van der Waals surface area (Å²) in [5, 5.41) is 0. The van der Waals surface area contributed by atoms with E-state index in [9.17, 15) is 0 Å². The summed E-state index contributed by atoms with van der Waals surface area (Å²) in [7, 11) is 0. The molecule has 0 aromatic carbocycles. The van der Waals surface area contributed by atoms with Crippen molar-refractivity contribution in [3.63, 3.8) is 0 Å². The van der Waals surface area contributed by atoms with Crippen molar-refractivity contribution in [3.05, 3.63) is 0 Å². The molecule has 1 heteroatoms. The second-order valence-corrected chi connectivity index (χ2v) is 4.85. The standard InChI is InChI=1S/C10H16S/c11-9-4-7-10(8-9)5-2-1-3-6-10/h1-8H2. The molecule has 11 heavy (non-hydrogen) atoms. The SMILES string of the molecule is S=C1CCC2(CCCCC2)C1. The second kappa shape index (κ2) is 2.85. The molecular weight excluding hydrogens is 152 g/mol. The number of rotatable bonds is 0. The lowest BCUT2D eigenvalue weighted by Gasteiger charge is -2.32. The first-order chi connectivity index (χ1) is 5.31. The van der Waals surface area contributed by atoms with Gasteiger partial charge in [0.1, 0.15) is 0 Å². The van der Waals surface area contributed by atoms with Gasteiger partial charge in [-0.15, -0.1) is 0 Å². The second-order valence-electron chi connectivity index (χ2n) is 4.28. The van der Waals surface area contributed by atoms with Gasteiger partial charge in [-0.05, 0) is 42.4 Å². The molecule has 2 fully saturated rings. The van der Waals surface area contributed by atoms with E-state index in [4.69, 9.17) is 12.2 Å². The predicted molar refractivity (Wildman–Crippen MR) is 52.0 cm³/mol. The summed E-state index contributed by atoms with van der Waals surface area (Å²) in [5.74, 6) is 0. The lowest BCUT2D eigenvalue weighted by molar-refractivity contribution is 0.204. The van der Waals surface area contributed by atoms with Crippen LogP contribution in [0.25, 0.3) is 0 Å². The maximum atomic E-state index is 5.27. The molecule has 2 rings (SSSR count). The van der Waals surface area contributed by atoms with Crippen LogP contribution in [0.2, 0.25) is 0 Å². The zero-order valence-corrected chi connectivity index (χ0v) is 7.88. The average molecular weight is 168 g/mol. The van der Waals surface area contributed by atoms with Crippen LogP contribution in [0.15, 0.2) is 0 Å². The summed E-state index contributed by atoms with van der Waals surface area (Å²) in [4.78, 5) is 1.35. The molecule has 2 saturated carbocycles. The van der Waals surface area contributed by atoms with Gasteiger partial charge in [0.05, 0.1) is 0 Å². The maximum Gasteiger partial charge on any atom is -0.00658 e. The predicted octanol–water partition coefficient (Wildman–Crippen LogP) is 3.49. The Bertz CT molecular complexity index is 166. The van der Waals surface area contributed by atoms with Gasteiger partial charge < -0.3 is 0 Å². The summed E-state index contributed by atoms with van der Waals surface area (Å²) in [6.07, 6.45) is 11.3. The Hall–Kier alpha value is 0.0900. The van der Waals surface area contributed by atoms with E-state index in [1.165, 1.54) is 56.2 Å². The van der Waals surface area contributed by atoms with E-state index in [-0.39, 0.29) is 0 Å². The van der Waals surface area contributed by atoms with Crippen LogP contribution in [0.3, 0.4) is 0 Å². The highest BCUT2D eigenvalue weighted by molar-refractivity contribution is 7.80. The van der Waals surface area contributed by atoms with Crippen molar-refractivity contribution in [2.45, 2.75) is 51.4 Å². The lowest BCUT2D eigenvalue weighted by atomic mass is 9.73. The normalized spacial score (nSPS) is 29.6. The Morgan fingerprint density at radius 3 is 2.27 bits per heavy atom. The molecule has 62 valence electrons. The molecule has 0 bridgehead atoms. The van der Waals surface area contributed by atoms with E-state index in [1.54, 1.807) is 0 Å². The van der Waals surface area contributed by atoms with E-state index in [0.717, 1.165) is 0 Å². The van der Waals surface area contributed by atoms with Crippen molar-refractivity contribution in [3.8, 4) is 0 Å². The fourth-order valence-corrected chi connectivity index (χ4v) is 3.14. The van der Waals surface area contributed by atoms with Gasteiger partial charge in [-0.25, -0.2) is 0 Å². The van der Waals surface area contributed by atoms with E-state index in [1.807, 2.05) is 0 Å². The molecule has 0 aliphatic heterocycles. The highest BCUT2D eigenvalue weighted by Crippen LogP contribution is 2.47. The van der Waals surface area contributed by atoms with Gasteiger partial charge in [0.15, 0.2) is 0 Å². The molecule has 0 N–H and O–H groups in total. The van der Waals surface area contributed by atoms with Crippen LogP contribution >= 0.6 is 12.2 Å². The average Bonchev–Trinajstić information content (AvgIpc) is 2.34. The Morgan fingerprint density at radius 1 is 1.00 bits per heavy atom. The minimum Gasteiger partial charge on any atom is -0.0897 e. The third-order valence-electron chi connectivity index (χ3n) is 3.42. The first kappa shape index (κ1) is 7.72. The number of thiocarbonyl (C=S) groups is 1. The summed E-state index contributed by atoms with van der Waals surface area (Å²) < 4.78 is 0. The number of hydrogen-bond acceptors (Lipinski definition) is 1. The molecular formula is C10H16S.